The molecule has 14 heteroatoms. The highest BCUT2D eigenvalue weighted by molar-refractivity contribution is 7.20. The largest absolute Gasteiger partial charge is 0.508 e. The van der Waals surface area contributed by atoms with Crippen LogP contribution in [0.5, 0.6) is 11.5 Å². The lowest BCUT2D eigenvalue weighted by molar-refractivity contribution is 0.280. The van der Waals surface area contributed by atoms with Crippen LogP contribution in [0.3, 0.4) is 0 Å². The molecule has 278 valence electrons. The summed E-state index contributed by atoms with van der Waals surface area (Å²) in [6.07, 6.45) is 0. The van der Waals surface area contributed by atoms with E-state index in [1.807, 2.05) is 51.1 Å². The molecule has 7 rings (SSSR count). The van der Waals surface area contributed by atoms with Gasteiger partial charge in [0.05, 0.1) is 29.7 Å². The second-order valence-electron chi connectivity index (χ2n) is 13.0. The molecular weight excluding hydrogens is 706 g/mol. The lowest BCUT2D eigenvalue weighted by Gasteiger charge is -2.29. The van der Waals surface area contributed by atoms with E-state index in [1.165, 1.54) is 34.9 Å². The summed E-state index contributed by atoms with van der Waals surface area (Å²) in [5.41, 5.74) is 5.99. The van der Waals surface area contributed by atoms with Crippen LogP contribution in [-0.4, -0.2) is 37.2 Å². The van der Waals surface area contributed by atoms with E-state index in [0.29, 0.717) is 32.8 Å². The first-order valence-electron chi connectivity index (χ1n) is 16.6. The van der Waals surface area contributed by atoms with E-state index < -0.39 is 24.7 Å². The van der Waals surface area contributed by atoms with Gasteiger partial charge in [-0.1, -0.05) is 78.0 Å². The second kappa shape index (κ2) is 17.8. The molecule has 4 aromatic carbocycles. The smallest absolute Gasteiger partial charge is 0.420 e. The van der Waals surface area contributed by atoms with Crippen molar-refractivity contribution in [3.63, 3.8) is 0 Å². The number of fused-ring (bicyclic) bond motifs is 3. The van der Waals surface area contributed by atoms with Crippen LogP contribution in [0.25, 0.3) is 33.3 Å². The molecule has 0 saturated heterocycles. The van der Waals surface area contributed by atoms with E-state index in [1.54, 1.807) is 18.2 Å². The summed E-state index contributed by atoms with van der Waals surface area (Å²) in [5, 5.41) is 28.2. The second-order valence-corrected chi connectivity index (χ2v) is 20.2. The average molecular weight is 752 g/mol. The predicted molar refractivity (Wildman–Crippen MR) is 208 cm³/mol. The minimum Gasteiger partial charge on any atom is -0.508 e. The van der Waals surface area contributed by atoms with Gasteiger partial charge in [0.1, 0.15) is 11.5 Å². The molecule has 52 heavy (non-hydrogen) atoms. The monoisotopic (exact) mass is 751 g/mol. The Kier molecular flexibility index (Phi) is 14.1. The molecule has 0 radical (unpaired) electrons. The zero-order chi connectivity index (χ0) is 38.8. The maximum atomic E-state index is 11.9. The van der Waals surface area contributed by atoms with Crippen molar-refractivity contribution < 1.29 is 28.6 Å². The molecule has 0 saturated carbocycles. The van der Waals surface area contributed by atoms with Gasteiger partial charge in [0, 0.05) is 12.1 Å². The van der Waals surface area contributed by atoms with Crippen LogP contribution in [0.1, 0.15) is 51.3 Å². The number of aromatic amines is 2. The van der Waals surface area contributed by atoms with E-state index in [0.717, 1.165) is 22.2 Å². The number of phenolic OH excluding ortho intramolecular Hbond substituents is 2. The lowest BCUT2D eigenvalue weighted by atomic mass is 10.1. The quantitative estimate of drug-likeness (QED) is 0.0873. The highest BCUT2D eigenvalue weighted by atomic mass is 35.6. The molecule has 0 spiro atoms. The maximum Gasteiger partial charge on any atom is 0.420 e. The Balaban J connectivity index is 0.000000196. The van der Waals surface area contributed by atoms with Gasteiger partial charge in [-0.25, -0.2) is 14.4 Å². The Hall–Kier alpha value is -5.24. The van der Waals surface area contributed by atoms with Crippen molar-refractivity contribution in [2.75, 3.05) is 0 Å². The SMILES string of the molecule is CC.CC(C)(C)[Si](C)(C)Cl.Cc1ccc2oc(=O)[nH]c2c1.O=c1[nH]c2cc(O)ccc2o1.O=c1oc2ccc(O)cc2n1Cc1ccccc1CO. The molecule has 0 aliphatic heterocycles. The van der Waals surface area contributed by atoms with Crippen molar-refractivity contribution in [1.29, 1.82) is 0 Å². The summed E-state index contributed by atoms with van der Waals surface area (Å²) in [7, 11) is -1.39. The Morgan fingerprint density at radius 1 is 0.731 bits per heavy atom. The molecule has 0 aliphatic carbocycles. The van der Waals surface area contributed by atoms with Crippen LogP contribution in [0.4, 0.5) is 0 Å². The Morgan fingerprint density at radius 3 is 1.75 bits per heavy atom. The van der Waals surface area contributed by atoms with Gasteiger partial charge in [-0.15, -0.1) is 0 Å². The first-order valence-corrected chi connectivity index (χ1v) is 20.6. The molecule has 0 unspecified atom stereocenters. The summed E-state index contributed by atoms with van der Waals surface area (Å²) in [5.74, 6) is -1.22. The van der Waals surface area contributed by atoms with Crippen LogP contribution in [0.2, 0.25) is 18.1 Å². The van der Waals surface area contributed by atoms with Crippen molar-refractivity contribution in [3.8, 4) is 11.5 Å². The van der Waals surface area contributed by atoms with Gasteiger partial charge < -0.3 is 28.6 Å². The van der Waals surface area contributed by atoms with Gasteiger partial charge in [0.25, 0.3) is 0 Å². The number of aliphatic hydroxyl groups excluding tert-OH is 1. The first kappa shape index (κ1) is 41.2. The van der Waals surface area contributed by atoms with Gasteiger partial charge >= 0.3 is 17.3 Å². The number of H-pyrrole nitrogens is 2. The third kappa shape index (κ3) is 11.1. The van der Waals surface area contributed by atoms with Crippen LogP contribution < -0.4 is 17.3 Å². The Morgan fingerprint density at radius 2 is 1.21 bits per heavy atom. The molecule has 0 bridgehead atoms. The topological polar surface area (TPSA) is 188 Å². The van der Waals surface area contributed by atoms with E-state index in [-0.39, 0.29) is 24.7 Å². The van der Waals surface area contributed by atoms with Gasteiger partial charge in [0.15, 0.2) is 24.1 Å². The molecule has 7 aromatic rings. The minimum absolute atomic E-state index is 0.0718. The fourth-order valence-corrected chi connectivity index (χ4v) is 4.24. The van der Waals surface area contributed by atoms with Gasteiger partial charge in [-0.2, -0.15) is 11.1 Å². The van der Waals surface area contributed by atoms with Gasteiger partial charge in [-0.05, 0) is 65.1 Å². The number of rotatable bonds is 3. The first-order chi connectivity index (χ1) is 24.4. The maximum absolute atomic E-state index is 11.9. The molecule has 3 aromatic heterocycles. The molecule has 0 fully saturated rings. The Labute approximate surface area is 305 Å². The molecule has 12 nitrogen and oxygen atoms in total. The summed E-state index contributed by atoms with van der Waals surface area (Å²) in [6.45, 7) is 17.1. The number of nitrogens with zero attached hydrogens (tertiary/aromatic N) is 1. The van der Waals surface area contributed by atoms with Crippen molar-refractivity contribution in [3.05, 3.63) is 127 Å². The number of hydrogen-bond donors (Lipinski definition) is 5. The molecule has 0 amide bonds. The molecular formula is C38H46ClN3O9Si. The highest BCUT2D eigenvalue weighted by Crippen LogP contribution is 2.38. The van der Waals surface area contributed by atoms with Gasteiger partial charge in [-0.3, -0.25) is 14.5 Å². The zero-order valence-electron chi connectivity index (χ0n) is 30.5. The van der Waals surface area contributed by atoms with Crippen molar-refractivity contribution >= 4 is 51.8 Å². The van der Waals surface area contributed by atoms with Gasteiger partial charge in [0.2, 0.25) is 0 Å². The number of hydrogen-bond acceptors (Lipinski definition) is 9. The summed E-state index contributed by atoms with van der Waals surface area (Å²) >= 11 is 6.15. The number of aromatic nitrogens is 3. The van der Waals surface area contributed by atoms with Crippen LogP contribution >= 0.6 is 11.1 Å². The third-order valence-corrected chi connectivity index (χ3v) is 13.3. The van der Waals surface area contributed by atoms with Crippen molar-refractivity contribution in [1.82, 2.24) is 14.5 Å². The van der Waals surface area contributed by atoms with E-state index in [4.69, 9.17) is 29.4 Å². The number of aryl methyl sites for hydroxylation is 1. The number of nitrogens with one attached hydrogen (secondary N) is 2. The van der Waals surface area contributed by atoms with Crippen molar-refractivity contribution in [2.24, 2.45) is 0 Å². The number of halogens is 1. The third-order valence-electron chi connectivity index (χ3n) is 8.03. The predicted octanol–water partition coefficient (Wildman–Crippen LogP) is 8.35. The number of aromatic hydroxyl groups is 2. The minimum atomic E-state index is -1.39. The fraction of sp³-hybridized carbons (Fsp3) is 0.289. The van der Waals surface area contributed by atoms with E-state index in [9.17, 15) is 24.6 Å². The normalized spacial score (nSPS) is 11.0. The number of phenols is 2. The summed E-state index contributed by atoms with van der Waals surface area (Å²) < 4.78 is 16.1. The number of aliphatic hydroxyl groups is 1. The Bertz CT molecular complexity index is 2290. The van der Waals surface area contributed by atoms with Crippen molar-refractivity contribution in [2.45, 2.75) is 72.8 Å². The van der Waals surface area contributed by atoms with Crippen LogP contribution in [-0.2, 0) is 13.2 Å². The molecule has 0 atom stereocenters. The summed E-state index contributed by atoms with van der Waals surface area (Å²) in [4.78, 5) is 38.2. The van der Waals surface area contributed by atoms with Crippen LogP contribution in [0, 0.1) is 6.92 Å². The highest BCUT2D eigenvalue weighted by Gasteiger charge is 2.32. The van der Waals surface area contributed by atoms with E-state index in [2.05, 4.69) is 43.8 Å². The molecule has 0 aliphatic rings. The number of oxazole rings is 3. The zero-order valence-corrected chi connectivity index (χ0v) is 32.3. The fourth-order valence-electron chi connectivity index (χ4n) is 4.24. The van der Waals surface area contributed by atoms with E-state index >= 15 is 0 Å². The van der Waals surface area contributed by atoms with Crippen LogP contribution in [0.15, 0.2) is 106 Å². The standard InChI is InChI=1S/C15H13NO4.C8H7NO2.C7H5NO3.C6H15ClSi.C2H6/c17-9-11-4-2-1-3-10(11)8-16-13-7-12(18)5-6-14(13)20-15(16)19;1-5-2-3-7-6(4-5)9-8(10)11-7;9-4-1-2-6-5(3-4)8-7(10)11-6;1-6(2,3)8(4,5)7;1-2/h1-7,17-18H,8-9H2;2-4H,1H3,(H,9,10);1-3,9H,(H,8,10);1-5H3;1-2H3. The average Bonchev–Trinajstić information content (AvgIpc) is 3.74. The molecule has 3 heterocycles. The number of benzene rings is 4. The lowest BCUT2D eigenvalue weighted by Crippen LogP contribution is -2.29. The summed E-state index contributed by atoms with van der Waals surface area (Å²) in [6, 6.07) is 21.8. The molecule has 5 N–H and O–H groups in total.